The Balaban J connectivity index is 1.55. The molecule has 0 radical (unpaired) electrons. The molecule has 1 heterocycles. The highest BCUT2D eigenvalue weighted by molar-refractivity contribution is 6.01. The number of benzene rings is 2. The zero-order chi connectivity index (χ0) is 21.1. The molecule has 0 saturated carbocycles. The molecule has 1 aliphatic rings. The summed E-state index contributed by atoms with van der Waals surface area (Å²) in [6, 6.07) is 11.7. The fourth-order valence-electron chi connectivity index (χ4n) is 3.73. The number of carbonyl (C=O) groups is 3. The van der Waals surface area contributed by atoms with Crippen LogP contribution < -0.4 is 15.5 Å². The maximum absolute atomic E-state index is 12.5. The Morgan fingerprint density at radius 2 is 1.62 bits per heavy atom. The van der Waals surface area contributed by atoms with Crippen LogP contribution in [0.1, 0.15) is 28.7 Å². The fraction of sp³-hybridized carbons (Fsp3) is 0.348. The number of nitrogens with one attached hydrogen (secondary N) is 2. The third-order valence-corrected chi connectivity index (χ3v) is 5.21. The summed E-state index contributed by atoms with van der Waals surface area (Å²) in [6.07, 6.45) is 0.150. The Morgan fingerprint density at radius 3 is 2.24 bits per heavy atom. The molecule has 3 amide bonds. The van der Waals surface area contributed by atoms with Crippen molar-refractivity contribution in [2.75, 3.05) is 23.3 Å². The van der Waals surface area contributed by atoms with E-state index in [-0.39, 0.29) is 30.7 Å². The van der Waals surface area contributed by atoms with Gasteiger partial charge in [0.05, 0.1) is 12.5 Å². The summed E-state index contributed by atoms with van der Waals surface area (Å²) >= 11 is 0. The van der Waals surface area contributed by atoms with Crippen molar-refractivity contribution in [1.82, 2.24) is 5.32 Å². The molecule has 2 N–H and O–H groups in total. The second kappa shape index (κ2) is 8.47. The molecule has 6 nitrogen and oxygen atoms in total. The van der Waals surface area contributed by atoms with Crippen LogP contribution >= 0.6 is 0 Å². The number of amides is 3. The normalized spacial score (nSPS) is 16.1. The average Bonchev–Trinajstić information content (AvgIpc) is 3.05. The Morgan fingerprint density at radius 1 is 1.00 bits per heavy atom. The third-order valence-electron chi connectivity index (χ3n) is 5.21. The molecule has 0 aliphatic carbocycles. The van der Waals surface area contributed by atoms with Crippen molar-refractivity contribution in [3.8, 4) is 0 Å². The number of nitrogens with zero attached hydrogens (tertiary/aromatic N) is 1. The predicted molar refractivity (Wildman–Crippen MR) is 114 cm³/mol. The number of carbonyl (C=O) groups excluding carboxylic acids is 3. The van der Waals surface area contributed by atoms with E-state index in [1.165, 1.54) is 0 Å². The summed E-state index contributed by atoms with van der Waals surface area (Å²) in [5, 5.41) is 5.54. The first-order valence-corrected chi connectivity index (χ1v) is 9.77. The lowest BCUT2D eigenvalue weighted by Crippen LogP contribution is -2.38. The first-order valence-electron chi connectivity index (χ1n) is 9.77. The molecular formula is C23H27N3O3. The zero-order valence-corrected chi connectivity index (χ0v) is 17.3. The van der Waals surface area contributed by atoms with Crippen LogP contribution in [0.4, 0.5) is 11.4 Å². The number of hydrogen-bond donors (Lipinski definition) is 2. The molecule has 2 aromatic carbocycles. The van der Waals surface area contributed by atoms with Gasteiger partial charge in [-0.05, 0) is 51.0 Å². The second-order valence-corrected chi connectivity index (χ2v) is 7.78. The van der Waals surface area contributed by atoms with Crippen LogP contribution in [0.3, 0.4) is 0 Å². The molecule has 0 aromatic heterocycles. The van der Waals surface area contributed by atoms with Crippen LogP contribution in [0.25, 0.3) is 0 Å². The maximum atomic E-state index is 12.5. The van der Waals surface area contributed by atoms with Gasteiger partial charge in [0.1, 0.15) is 0 Å². The monoisotopic (exact) mass is 393 g/mol. The molecule has 1 atom stereocenters. The Labute approximate surface area is 171 Å². The number of rotatable bonds is 5. The minimum atomic E-state index is -0.459. The Hall–Kier alpha value is -3.15. The van der Waals surface area contributed by atoms with Crippen LogP contribution in [0.2, 0.25) is 0 Å². The smallest absolute Gasteiger partial charge is 0.243 e. The topological polar surface area (TPSA) is 78.5 Å². The van der Waals surface area contributed by atoms with Crippen LogP contribution in [-0.4, -0.2) is 30.8 Å². The summed E-state index contributed by atoms with van der Waals surface area (Å²) in [4.78, 5) is 38.7. The molecular weight excluding hydrogens is 366 g/mol. The summed E-state index contributed by atoms with van der Waals surface area (Å²) in [5.41, 5.74) is 5.78. The minimum absolute atomic E-state index is 0.0793. The number of aryl methyl sites for hydroxylation is 4. The SMILES string of the molecule is Cc1ccc(N2CC(C(=O)NCC(=O)Nc3c(C)cc(C)cc3C)CC2=O)cc1. The summed E-state index contributed by atoms with van der Waals surface area (Å²) < 4.78 is 0. The molecule has 0 spiro atoms. The van der Waals surface area contributed by atoms with E-state index in [0.29, 0.717) is 6.54 Å². The number of anilines is 2. The molecule has 1 unspecified atom stereocenters. The van der Waals surface area contributed by atoms with E-state index in [2.05, 4.69) is 10.6 Å². The first-order chi connectivity index (χ1) is 13.7. The van der Waals surface area contributed by atoms with Gasteiger partial charge in [0, 0.05) is 24.3 Å². The highest BCUT2D eigenvalue weighted by Gasteiger charge is 2.35. The van der Waals surface area contributed by atoms with Crippen LogP contribution in [0, 0.1) is 33.6 Å². The number of hydrogen-bond acceptors (Lipinski definition) is 3. The molecule has 1 aliphatic heterocycles. The molecule has 2 aromatic rings. The van der Waals surface area contributed by atoms with E-state index >= 15 is 0 Å². The second-order valence-electron chi connectivity index (χ2n) is 7.78. The van der Waals surface area contributed by atoms with Gasteiger partial charge in [-0.2, -0.15) is 0 Å². The fourth-order valence-corrected chi connectivity index (χ4v) is 3.73. The van der Waals surface area contributed by atoms with E-state index in [0.717, 1.165) is 33.6 Å². The third kappa shape index (κ3) is 4.83. The lowest BCUT2D eigenvalue weighted by atomic mass is 10.1. The molecule has 6 heteroatoms. The van der Waals surface area contributed by atoms with Crippen molar-refractivity contribution in [3.63, 3.8) is 0 Å². The van der Waals surface area contributed by atoms with Gasteiger partial charge in [-0.25, -0.2) is 0 Å². The largest absolute Gasteiger partial charge is 0.347 e. The molecule has 0 bridgehead atoms. The van der Waals surface area contributed by atoms with Gasteiger partial charge in [0.15, 0.2) is 0 Å². The molecule has 3 rings (SSSR count). The van der Waals surface area contributed by atoms with Gasteiger partial charge >= 0.3 is 0 Å². The van der Waals surface area contributed by atoms with Gasteiger partial charge in [-0.1, -0.05) is 35.4 Å². The molecule has 1 saturated heterocycles. The maximum Gasteiger partial charge on any atom is 0.243 e. The van der Waals surface area contributed by atoms with Crippen molar-refractivity contribution in [3.05, 3.63) is 58.7 Å². The van der Waals surface area contributed by atoms with Gasteiger partial charge in [-0.15, -0.1) is 0 Å². The summed E-state index contributed by atoms with van der Waals surface area (Å²) in [5.74, 6) is -1.10. The quantitative estimate of drug-likeness (QED) is 0.820. The van der Waals surface area contributed by atoms with Gasteiger partial charge in [0.25, 0.3) is 0 Å². The molecule has 29 heavy (non-hydrogen) atoms. The summed E-state index contributed by atoms with van der Waals surface area (Å²) in [6.45, 7) is 8.08. The van der Waals surface area contributed by atoms with E-state index in [1.54, 1.807) is 4.90 Å². The van der Waals surface area contributed by atoms with Crippen molar-refractivity contribution in [2.24, 2.45) is 5.92 Å². The van der Waals surface area contributed by atoms with Crippen LogP contribution in [0.5, 0.6) is 0 Å². The van der Waals surface area contributed by atoms with E-state index in [9.17, 15) is 14.4 Å². The zero-order valence-electron chi connectivity index (χ0n) is 17.3. The van der Waals surface area contributed by atoms with Crippen LogP contribution in [-0.2, 0) is 14.4 Å². The van der Waals surface area contributed by atoms with Crippen LogP contribution in [0.15, 0.2) is 36.4 Å². The lowest BCUT2D eigenvalue weighted by Gasteiger charge is -2.17. The van der Waals surface area contributed by atoms with E-state index < -0.39 is 5.92 Å². The highest BCUT2D eigenvalue weighted by atomic mass is 16.2. The first kappa shape index (κ1) is 20.6. The standard InChI is InChI=1S/C23H27N3O3/c1-14-5-7-19(8-6-14)26-13-18(11-21(26)28)23(29)24-12-20(27)25-22-16(3)9-15(2)10-17(22)4/h5-10,18H,11-13H2,1-4H3,(H,24,29)(H,25,27). The Bertz CT molecular complexity index is 927. The van der Waals surface area contributed by atoms with Crippen molar-refractivity contribution >= 4 is 29.1 Å². The van der Waals surface area contributed by atoms with Crippen molar-refractivity contribution in [1.29, 1.82) is 0 Å². The van der Waals surface area contributed by atoms with E-state index in [1.807, 2.05) is 64.1 Å². The van der Waals surface area contributed by atoms with Gasteiger partial charge in [-0.3, -0.25) is 14.4 Å². The van der Waals surface area contributed by atoms with E-state index in [4.69, 9.17) is 0 Å². The lowest BCUT2D eigenvalue weighted by molar-refractivity contribution is -0.127. The minimum Gasteiger partial charge on any atom is -0.347 e. The average molecular weight is 393 g/mol. The Kier molecular flexibility index (Phi) is 6.01. The molecule has 152 valence electrons. The predicted octanol–water partition coefficient (Wildman–Crippen LogP) is 3.03. The highest BCUT2D eigenvalue weighted by Crippen LogP contribution is 2.25. The van der Waals surface area contributed by atoms with Gasteiger partial charge in [0.2, 0.25) is 17.7 Å². The molecule has 1 fully saturated rings. The van der Waals surface area contributed by atoms with Gasteiger partial charge < -0.3 is 15.5 Å². The summed E-state index contributed by atoms with van der Waals surface area (Å²) in [7, 11) is 0. The van der Waals surface area contributed by atoms with Crippen molar-refractivity contribution < 1.29 is 14.4 Å². The van der Waals surface area contributed by atoms with Crippen molar-refractivity contribution in [2.45, 2.75) is 34.1 Å².